The number of aromatic nitrogens is 3. The molecule has 0 unspecified atom stereocenters. The highest BCUT2D eigenvalue weighted by atomic mass is 19.1. The van der Waals surface area contributed by atoms with Crippen LogP contribution in [-0.4, -0.2) is 52.5 Å². The zero-order valence-electron chi connectivity index (χ0n) is 18.8. The number of carbonyl (C=O) groups excluding carboxylic acids is 1. The van der Waals surface area contributed by atoms with Gasteiger partial charge in [-0.15, -0.1) is 0 Å². The Morgan fingerprint density at radius 3 is 2.85 bits per heavy atom. The molecule has 4 rings (SSSR count). The first-order chi connectivity index (χ1) is 16.0. The molecule has 4 aromatic rings. The molecule has 0 radical (unpaired) electrons. The predicted octanol–water partition coefficient (Wildman–Crippen LogP) is 4.04. The molecule has 0 spiro atoms. The summed E-state index contributed by atoms with van der Waals surface area (Å²) in [7, 11) is 4.00. The Labute approximate surface area is 192 Å². The third kappa shape index (κ3) is 5.72. The second-order valence-electron chi connectivity index (χ2n) is 8.17. The minimum absolute atomic E-state index is 0.209. The minimum Gasteiger partial charge on any atom is -0.352 e. The van der Waals surface area contributed by atoms with Crippen LogP contribution < -0.4 is 10.6 Å². The highest BCUT2D eigenvalue weighted by molar-refractivity contribution is 5.99. The van der Waals surface area contributed by atoms with Gasteiger partial charge in [0.2, 0.25) is 0 Å². The van der Waals surface area contributed by atoms with Crippen molar-refractivity contribution in [3.8, 4) is 0 Å². The molecule has 33 heavy (non-hydrogen) atoms. The van der Waals surface area contributed by atoms with Crippen molar-refractivity contribution in [2.24, 2.45) is 0 Å². The van der Waals surface area contributed by atoms with E-state index in [2.05, 4.69) is 30.1 Å². The topological polar surface area (TPSA) is 75.1 Å². The SMILES string of the molecule is CN(C)CCCNC(=O)c1cncnc1Nc1ccc2c(ccn2Cc2cccc(F)c2)c1. The number of fused-ring (bicyclic) bond motifs is 1. The summed E-state index contributed by atoms with van der Waals surface area (Å²) in [5.74, 6) is 0.00525. The van der Waals surface area contributed by atoms with Gasteiger partial charge in [-0.05, 0) is 69.0 Å². The van der Waals surface area contributed by atoms with Gasteiger partial charge in [-0.2, -0.15) is 0 Å². The van der Waals surface area contributed by atoms with Crippen LogP contribution in [0.3, 0.4) is 0 Å². The summed E-state index contributed by atoms with van der Waals surface area (Å²) in [6, 6.07) is 14.6. The third-order valence-electron chi connectivity index (χ3n) is 5.30. The van der Waals surface area contributed by atoms with Gasteiger partial charge in [0.25, 0.3) is 5.91 Å². The molecule has 0 saturated heterocycles. The first-order valence-electron chi connectivity index (χ1n) is 10.8. The molecule has 0 aliphatic carbocycles. The van der Waals surface area contributed by atoms with E-state index in [9.17, 15) is 9.18 Å². The molecule has 8 heteroatoms. The predicted molar refractivity (Wildman–Crippen MR) is 128 cm³/mol. The van der Waals surface area contributed by atoms with Gasteiger partial charge in [0.05, 0.1) is 0 Å². The maximum Gasteiger partial charge on any atom is 0.256 e. The average molecular weight is 447 g/mol. The second-order valence-corrected chi connectivity index (χ2v) is 8.17. The van der Waals surface area contributed by atoms with Crippen LogP contribution >= 0.6 is 0 Å². The van der Waals surface area contributed by atoms with Gasteiger partial charge in [-0.25, -0.2) is 14.4 Å². The molecule has 0 saturated carbocycles. The Kier molecular flexibility index (Phi) is 6.95. The van der Waals surface area contributed by atoms with E-state index in [1.165, 1.54) is 18.6 Å². The number of hydrogen-bond acceptors (Lipinski definition) is 5. The lowest BCUT2D eigenvalue weighted by Crippen LogP contribution is -2.28. The van der Waals surface area contributed by atoms with E-state index >= 15 is 0 Å². The van der Waals surface area contributed by atoms with Crippen molar-refractivity contribution in [1.29, 1.82) is 0 Å². The molecule has 0 aliphatic heterocycles. The number of halogens is 1. The van der Waals surface area contributed by atoms with E-state index in [4.69, 9.17) is 0 Å². The van der Waals surface area contributed by atoms with E-state index < -0.39 is 0 Å². The van der Waals surface area contributed by atoms with Crippen LogP contribution in [0, 0.1) is 5.82 Å². The Hall–Kier alpha value is -3.78. The highest BCUT2D eigenvalue weighted by Gasteiger charge is 2.13. The van der Waals surface area contributed by atoms with Crippen molar-refractivity contribution in [3.05, 3.63) is 84.2 Å². The second kappa shape index (κ2) is 10.2. The molecule has 2 N–H and O–H groups in total. The van der Waals surface area contributed by atoms with Crippen LogP contribution in [0.5, 0.6) is 0 Å². The maximum absolute atomic E-state index is 13.5. The molecule has 0 bridgehead atoms. The van der Waals surface area contributed by atoms with Gasteiger partial charge in [-0.3, -0.25) is 4.79 Å². The van der Waals surface area contributed by atoms with Crippen molar-refractivity contribution >= 4 is 28.3 Å². The van der Waals surface area contributed by atoms with Gasteiger partial charge in [0, 0.05) is 42.1 Å². The molecule has 0 fully saturated rings. The number of hydrogen-bond donors (Lipinski definition) is 2. The summed E-state index contributed by atoms with van der Waals surface area (Å²) in [6.07, 6.45) is 5.78. The van der Waals surface area contributed by atoms with Crippen molar-refractivity contribution in [3.63, 3.8) is 0 Å². The first-order valence-corrected chi connectivity index (χ1v) is 10.8. The number of benzene rings is 2. The van der Waals surface area contributed by atoms with E-state index in [1.807, 2.05) is 50.6 Å². The fraction of sp³-hybridized carbons (Fsp3) is 0.240. The Balaban J connectivity index is 1.48. The molecule has 2 aromatic heterocycles. The number of carbonyl (C=O) groups is 1. The van der Waals surface area contributed by atoms with Crippen molar-refractivity contribution in [1.82, 2.24) is 24.8 Å². The minimum atomic E-state index is -0.238. The van der Waals surface area contributed by atoms with Crippen LogP contribution in [0.15, 0.2) is 67.3 Å². The van der Waals surface area contributed by atoms with Crippen LogP contribution in [-0.2, 0) is 6.54 Å². The zero-order valence-corrected chi connectivity index (χ0v) is 18.8. The van der Waals surface area contributed by atoms with E-state index in [0.29, 0.717) is 24.5 Å². The number of amides is 1. The van der Waals surface area contributed by atoms with Crippen LogP contribution in [0.4, 0.5) is 15.9 Å². The van der Waals surface area contributed by atoms with Gasteiger partial charge < -0.3 is 20.1 Å². The summed E-state index contributed by atoms with van der Waals surface area (Å²) in [4.78, 5) is 23.0. The molecule has 170 valence electrons. The molecule has 2 aromatic carbocycles. The lowest BCUT2D eigenvalue weighted by Gasteiger charge is -2.12. The summed E-state index contributed by atoms with van der Waals surface area (Å²) < 4.78 is 15.6. The summed E-state index contributed by atoms with van der Waals surface area (Å²) in [6.45, 7) is 2.06. The molecular weight excluding hydrogens is 419 g/mol. The smallest absolute Gasteiger partial charge is 0.256 e. The molecule has 7 nitrogen and oxygen atoms in total. The van der Waals surface area contributed by atoms with Crippen LogP contribution in [0.25, 0.3) is 10.9 Å². The quantitative estimate of drug-likeness (QED) is 0.380. The van der Waals surface area contributed by atoms with E-state index in [-0.39, 0.29) is 11.7 Å². The number of rotatable bonds is 9. The lowest BCUT2D eigenvalue weighted by atomic mass is 10.2. The summed E-state index contributed by atoms with van der Waals surface area (Å²) in [5.41, 5.74) is 3.14. The standard InChI is InChI=1S/C25H27FN6O/c1-31(2)11-4-10-28-25(33)22-15-27-17-29-24(22)30-21-7-8-23-19(14-21)9-12-32(23)16-18-5-3-6-20(26)13-18/h3,5-9,12-15,17H,4,10-11,16H2,1-2H3,(H,28,33)(H,27,29,30). The van der Waals surface area contributed by atoms with Crippen LogP contribution in [0.1, 0.15) is 22.3 Å². The first kappa shape index (κ1) is 22.4. The van der Waals surface area contributed by atoms with Gasteiger partial charge in [0.1, 0.15) is 23.5 Å². The van der Waals surface area contributed by atoms with E-state index in [0.717, 1.165) is 35.1 Å². The highest BCUT2D eigenvalue weighted by Crippen LogP contribution is 2.24. The normalized spacial score (nSPS) is 11.2. The Morgan fingerprint density at radius 2 is 2.03 bits per heavy atom. The fourth-order valence-electron chi connectivity index (χ4n) is 3.67. The van der Waals surface area contributed by atoms with Gasteiger partial charge in [0.15, 0.2) is 0 Å². The average Bonchev–Trinajstić information content (AvgIpc) is 3.19. The monoisotopic (exact) mass is 446 g/mol. The van der Waals surface area contributed by atoms with Gasteiger partial charge in [-0.1, -0.05) is 12.1 Å². The number of nitrogens with zero attached hydrogens (tertiary/aromatic N) is 4. The van der Waals surface area contributed by atoms with Crippen molar-refractivity contribution < 1.29 is 9.18 Å². The summed E-state index contributed by atoms with van der Waals surface area (Å²) >= 11 is 0. The largest absolute Gasteiger partial charge is 0.352 e. The molecule has 0 atom stereocenters. The molecule has 2 heterocycles. The Bertz CT molecular complexity index is 1250. The molecular formula is C25H27FN6O. The summed E-state index contributed by atoms with van der Waals surface area (Å²) in [5, 5.41) is 7.19. The fourth-order valence-corrected chi connectivity index (χ4v) is 3.67. The van der Waals surface area contributed by atoms with E-state index in [1.54, 1.807) is 12.1 Å². The van der Waals surface area contributed by atoms with Crippen LogP contribution in [0.2, 0.25) is 0 Å². The van der Waals surface area contributed by atoms with Crippen molar-refractivity contribution in [2.75, 3.05) is 32.5 Å². The Morgan fingerprint density at radius 1 is 1.15 bits per heavy atom. The maximum atomic E-state index is 13.5. The van der Waals surface area contributed by atoms with Gasteiger partial charge >= 0.3 is 0 Å². The molecule has 0 aliphatic rings. The number of anilines is 2. The molecule has 1 amide bonds. The number of nitrogens with one attached hydrogen (secondary N) is 2. The van der Waals surface area contributed by atoms with Crippen molar-refractivity contribution in [2.45, 2.75) is 13.0 Å². The zero-order chi connectivity index (χ0) is 23.2. The third-order valence-corrected chi connectivity index (χ3v) is 5.30. The lowest BCUT2D eigenvalue weighted by molar-refractivity contribution is 0.0952.